The first-order valence-corrected chi connectivity index (χ1v) is 6.16. The molecular weight excluding hydrogens is 200 g/mol. The van der Waals surface area contributed by atoms with E-state index in [0.29, 0.717) is 11.7 Å². The van der Waals surface area contributed by atoms with E-state index in [2.05, 4.69) is 4.98 Å². The summed E-state index contributed by atoms with van der Waals surface area (Å²) in [6, 6.07) is 3.70. The van der Waals surface area contributed by atoms with Crippen molar-refractivity contribution in [3.05, 3.63) is 23.9 Å². The van der Waals surface area contributed by atoms with E-state index < -0.39 is 6.10 Å². The Kier molecular flexibility index (Phi) is 3.78. The Morgan fingerprint density at radius 1 is 1.38 bits per heavy atom. The molecule has 0 saturated heterocycles. The van der Waals surface area contributed by atoms with E-state index in [0.717, 1.165) is 12.0 Å². The first-order valence-electron chi connectivity index (χ1n) is 6.16. The van der Waals surface area contributed by atoms with Gasteiger partial charge < -0.3 is 10.8 Å². The molecule has 1 atom stereocenters. The minimum atomic E-state index is -0.447. The van der Waals surface area contributed by atoms with E-state index >= 15 is 0 Å². The average Bonchev–Trinajstić information content (AvgIpc) is 2.31. The highest BCUT2D eigenvalue weighted by Gasteiger charge is 2.19. The molecule has 2 rings (SSSR count). The summed E-state index contributed by atoms with van der Waals surface area (Å²) in [5.74, 6) is 1.12. The molecule has 1 aromatic rings. The second-order valence-electron chi connectivity index (χ2n) is 4.73. The molecule has 1 saturated carbocycles. The average molecular weight is 220 g/mol. The number of hydrogen-bond acceptors (Lipinski definition) is 3. The van der Waals surface area contributed by atoms with Crippen LogP contribution in [0.4, 0.5) is 5.82 Å². The van der Waals surface area contributed by atoms with Crippen LogP contribution in [0.25, 0.3) is 0 Å². The number of nitrogens with zero attached hydrogens (tertiary/aromatic N) is 1. The molecule has 3 nitrogen and oxygen atoms in total. The Morgan fingerprint density at radius 3 is 2.81 bits per heavy atom. The van der Waals surface area contributed by atoms with Crippen LogP contribution >= 0.6 is 0 Å². The third kappa shape index (κ3) is 2.73. The molecule has 3 N–H and O–H groups in total. The van der Waals surface area contributed by atoms with Gasteiger partial charge in [0.25, 0.3) is 0 Å². The van der Waals surface area contributed by atoms with Gasteiger partial charge in [-0.05, 0) is 18.4 Å². The maximum atomic E-state index is 10.1. The maximum absolute atomic E-state index is 10.1. The normalized spacial score (nSPS) is 19.6. The monoisotopic (exact) mass is 220 g/mol. The molecule has 1 heterocycles. The molecule has 0 aromatic carbocycles. The van der Waals surface area contributed by atoms with Gasteiger partial charge in [0.1, 0.15) is 5.82 Å². The third-order valence-electron chi connectivity index (χ3n) is 3.51. The fourth-order valence-corrected chi connectivity index (χ4v) is 2.58. The lowest BCUT2D eigenvalue weighted by Crippen LogP contribution is -2.12. The topological polar surface area (TPSA) is 59.1 Å². The number of nitrogen functional groups attached to an aromatic ring is 1. The molecule has 88 valence electrons. The number of anilines is 1. The summed E-state index contributed by atoms with van der Waals surface area (Å²) in [7, 11) is 0. The lowest BCUT2D eigenvalue weighted by atomic mass is 9.84. The number of aliphatic hydroxyl groups excluding tert-OH is 1. The first kappa shape index (κ1) is 11.4. The van der Waals surface area contributed by atoms with Gasteiger partial charge in [-0.25, -0.2) is 4.98 Å². The van der Waals surface area contributed by atoms with Crippen LogP contribution in [-0.2, 0) is 0 Å². The van der Waals surface area contributed by atoms with Crippen molar-refractivity contribution in [3.8, 4) is 0 Å². The van der Waals surface area contributed by atoms with Crippen molar-refractivity contribution in [2.45, 2.75) is 44.6 Å². The minimum absolute atomic E-state index is 0.447. The second kappa shape index (κ2) is 5.30. The van der Waals surface area contributed by atoms with E-state index in [4.69, 9.17) is 5.73 Å². The fourth-order valence-electron chi connectivity index (χ4n) is 2.58. The predicted molar refractivity (Wildman–Crippen MR) is 64.8 cm³/mol. The number of nitrogens with two attached hydrogens (primary N) is 1. The van der Waals surface area contributed by atoms with Gasteiger partial charge in [0, 0.05) is 11.8 Å². The summed E-state index contributed by atoms with van der Waals surface area (Å²) in [6.07, 6.45) is 8.50. The smallest absolute Gasteiger partial charge is 0.129 e. The third-order valence-corrected chi connectivity index (χ3v) is 3.51. The Hall–Kier alpha value is -1.09. The van der Waals surface area contributed by atoms with Crippen LogP contribution in [0.15, 0.2) is 18.3 Å². The summed E-state index contributed by atoms with van der Waals surface area (Å²) in [5, 5.41) is 10.1. The summed E-state index contributed by atoms with van der Waals surface area (Å²) in [4.78, 5) is 4.01. The van der Waals surface area contributed by atoms with Gasteiger partial charge >= 0.3 is 0 Å². The number of pyridine rings is 1. The SMILES string of the molecule is Nc1ncccc1C(O)CC1CCCCC1. The van der Waals surface area contributed by atoms with E-state index in [1.54, 1.807) is 6.20 Å². The molecule has 0 bridgehead atoms. The molecule has 3 heteroatoms. The van der Waals surface area contributed by atoms with Crippen LogP contribution in [0.5, 0.6) is 0 Å². The quantitative estimate of drug-likeness (QED) is 0.823. The fraction of sp³-hybridized carbons (Fsp3) is 0.615. The van der Waals surface area contributed by atoms with Gasteiger partial charge in [0.05, 0.1) is 6.10 Å². The number of rotatable bonds is 3. The Balaban J connectivity index is 1.96. The van der Waals surface area contributed by atoms with Crippen molar-refractivity contribution in [1.82, 2.24) is 4.98 Å². The van der Waals surface area contributed by atoms with Crippen LogP contribution in [0.2, 0.25) is 0 Å². The van der Waals surface area contributed by atoms with Gasteiger partial charge in [0.15, 0.2) is 0 Å². The van der Waals surface area contributed by atoms with Gasteiger partial charge in [0.2, 0.25) is 0 Å². The molecule has 0 radical (unpaired) electrons. The summed E-state index contributed by atoms with van der Waals surface area (Å²) >= 11 is 0. The standard InChI is InChI=1S/C13H20N2O/c14-13-11(7-4-8-15-13)12(16)9-10-5-2-1-3-6-10/h4,7-8,10,12,16H,1-3,5-6,9H2,(H2,14,15). The van der Waals surface area contributed by atoms with Gasteiger partial charge in [-0.15, -0.1) is 0 Å². The highest BCUT2D eigenvalue weighted by Crippen LogP contribution is 2.32. The largest absolute Gasteiger partial charge is 0.388 e. The molecule has 1 aliphatic carbocycles. The Bertz CT molecular complexity index is 334. The molecule has 0 aliphatic heterocycles. The number of aliphatic hydroxyl groups is 1. The molecule has 0 spiro atoms. The molecular formula is C13H20N2O. The van der Waals surface area contributed by atoms with Crippen LogP contribution in [0, 0.1) is 5.92 Å². The van der Waals surface area contributed by atoms with Gasteiger partial charge in [-0.2, -0.15) is 0 Å². The number of aromatic nitrogens is 1. The molecule has 1 fully saturated rings. The van der Waals surface area contributed by atoms with E-state index in [9.17, 15) is 5.11 Å². The van der Waals surface area contributed by atoms with Crippen molar-refractivity contribution in [3.63, 3.8) is 0 Å². The summed E-state index contributed by atoms with van der Waals surface area (Å²) in [6.45, 7) is 0. The zero-order valence-electron chi connectivity index (χ0n) is 9.60. The van der Waals surface area contributed by atoms with Gasteiger partial charge in [-0.3, -0.25) is 0 Å². The first-order chi connectivity index (χ1) is 7.77. The summed E-state index contributed by atoms with van der Waals surface area (Å²) in [5.41, 5.74) is 6.54. The summed E-state index contributed by atoms with van der Waals surface area (Å²) < 4.78 is 0. The lowest BCUT2D eigenvalue weighted by molar-refractivity contribution is 0.132. The molecule has 0 amide bonds. The molecule has 1 unspecified atom stereocenters. The van der Waals surface area contributed by atoms with Crippen molar-refractivity contribution in [1.29, 1.82) is 0 Å². The molecule has 1 aliphatic rings. The van der Waals surface area contributed by atoms with Crippen molar-refractivity contribution >= 4 is 5.82 Å². The minimum Gasteiger partial charge on any atom is -0.388 e. The highest BCUT2D eigenvalue weighted by atomic mass is 16.3. The Labute approximate surface area is 96.7 Å². The lowest BCUT2D eigenvalue weighted by Gasteiger charge is -2.24. The zero-order valence-corrected chi connectivity index (χ0v) is 9.60. The maximum Gasteiger partial charge on any atom is 0.129 e. The number of hydrogen-bond donors (Lipinski definition) is 2. The van der Waals surface area contributed by atoms with E-state index in [1.807, 2.05) is 12.1 Å². The zero-order chi connectivity index (χ0) is 11.4. The Morgan fingerprint density at radius 2 is 2.12 bits per heavy atom. The molecule has 1 aromatic heterocycles. The van der Waals surface area contributed by atoms with Crippen LogP contribution in [0.1, 0.15) is 50.2 Å². The van der Waals surface area contributed by atoms with Crippen molar-refractivity contribution < 1.29 is 5.11 Å². The van der Waals surface area contributed by atoms with Crippen molar-refractivity contribution in [2.24, 2.45) is 5.92 Å². The van der Waals surface area contributed by atoms with Crippen LogP contribution in [0.3, 0.4) is 0 Å². The van der Waals surface area contributed by atoms with E-state index in [1.165, 1.54) is 32.1 Å². The highest BCUT2D eigenvalue weighted by molar-refractivity contribution is 5.39. The van der Waals surface area contributed by atoms with Crippen LogP contribution in [-0.4, -0.2) is 10.1 Å². The van der Waals surface area contributed by atoms with Crippen molar-refractivity contribution in [2.75, 3.05) is 5.73 Å². The van der Waals surface area contributed by atoms with Gasteiger partial charge in [-0.1, -0.05) is 38.2 Å². The second-order valence-corrected chi connectivity index (χ2v) is 4.73. The molecule has 16 heavy (non-hydrogen) atoms. The van der Waals surface area contributed by atoms with E-state index in [-0.39, 0.29) is 0 Å². The predicted octanol–water partition coefficient (Wildman–Crippen LogP) is 2.67. The van der Waals surface area contributed by atoms with Crippen LogP contribution < -0.4 is 5.73 Å².